The van der Waals surface area contributed by atoms with Crippen molar-refractivity contribution < 1.29 is 9.47 Å². The van der Waals surface area contributed by atoms with E-state index in [1.165, 1.54) is 11.3 Å². The van der Waals surface area contributed by atoms with Crippen LogP contribution in [0.4, 0.5) is 0 Å². The van der Waals surface area contributed by atoms with Gasteiger partial charge in [-0.3, -0.25) is 0 Å². The van der Waals surface area contributed by atoms with Gasteiger partial charge in [-0.05, 0) is 57.1 Å². The smallest absolute Gasteiger partial charge is 0.300 e. The van der Waals surface area contributed by atoms with Crippen LogP contribution in [0.3, 0.4) is 0 Å². The number of ether oxygens (including phenoxy) is 2. The molecule has 0 atom stereocenters. The Kier molecular flexibility index (Phi) is 4.47. The third-order valence-corrected chi connectivity index (χ3v) is 3.89. The molecular formula is C15H11BrN2O2S. The van der Waals surface area contributed by atoms with Crippen molar-refractivity contribution in [3.05, 3.63) is 64.1 Å². The fraction of sp³-hybridized carbons (Fsp3) is 0.0667. The highest BCUT2D eigenvalue weighted by Crippen LogP contribution is 2.28. The van der Waals surface area contributed by atoms with Crippen LogP contribution >= 0.6 is 27.3 Å². The quantitative estimate of drug-likeness (QED) is 0.661. The minimum atomic E-state index is 0.500. The molecule has 0 unspecified atom stereocenters. The van der Waals surface area contributed by atoms with Gasteiger partial charge < -0.3 is 9.47 Å². The van der Waals surface area contributed by atoms with Crippen LogP contribution in [-0.4, -0.2) is 10.2 Å². The fourth-order valence-electron chi connectivity index (χ4n) is 1.68. The second-order valence-electron chi connectivity index (χ2n) is 4.17. The molecule has 3 rings (SSSR count). The lowest BCUT2D eigenvalue weighted by Gasteiger charge is -2.07. The second kappa shape index (κ2) is 6.69. The molecule has 0 spiro atoms. The van der Waals surface area contributed by atoms with Gasteiger partial charge in [-0.2, -0.15) is 0 Å². The van der Waals surface area contributed by atoms with Crippen molar-refractivity contribution >= 4 is 27.3 Å². The number of rotatable bonds is 5. The predicted molar refractivity (Wildman–Crippen MR) is 84.9 cm³/mol. The standard InChI is InChI=1S/C15H11BrN2O2S/c16-14-17-18-15(21-14)20-13-8-6-12(7-9-13)19-10-11-4-2-1-3-5-11/h1-9H,10H2. The molecule has 0 N–H and O–H groups in total. The van der Waals surface area contributed by atoms with Gasteiger partial charge in [-0.15, -0.1) is 5.10 Å². The van der Waals surface area contributed by atoms with E-state index in [0.717, 1.165) is 11.3 Å². The number of nitrogens with zero attached hydrogens (tertiary/aromatic N) is 2. The Balaban J connectivity index is 1.59. The highest BCUT2D eigenvalue weighted by Gasteiger charge is 2.04. The molecule has 0 fully saturated rings. The first-order chi connectivity index (χ1) is 10.3. The molecule has 0 saturated heterocycles. The molecule has 3 aromatic rings. The van der Waals surface area contributed by atoms with E-state index in [4.69, 9.17) is 9.47 Å². The zero-order valence-electron chi connectivity index (χ0n) is 10.9. The maximum absolute atomic E-state index is 5.71. The van der Waals surface area contributed by atoms with Crippen LogP contribution in [0.25, 0.3) is 0 Å². The number of benzene rings is 2. The molecule has 6 heteroatoms. The van der Waals surface area contributed by atoms with E-state index in [1.807, 2.05) is 54.6 Å². The van der Waals surface area contributed by atoms with E-state index in [1.54, 1.807) is 0 Å². The molecule has 1 heterocycles. The summed E-state index contributed by atoms with van der Waals surface area (Å²) in [5, 5.41) is 8.21. The van der Waals surface area contributed by atoms with E-state index in [-0.39, 0.29) is 0 Å². The molecule has 106 valence electrons. The van der Waals surface area contributed by atoms with Gasteiger partial charge in [0, 0.05) is 0 Å². The zero-order chi connectivity index (χ0) is 14.5. The Bertz CT molecular complexity index is 701. The van der Waals surface area contributed by atoms with Crippen LogP contribution < -0.4 is 9.47 Å². The van der Waals surface area contributed by atoms with Crippen molar-refractivity contribution in [2.24, 2.45) is 0 Å². The molecule has 0 aliphatic heterocycles. The first kappa shape index (κ1) is 14.0. The van der Waals surface area contributed by atoms with E-state index >= 15 is 0 Å². The second-order valence-corrected chi connectivity index (χ2v) is 6.38. The summed E-state index contributed by atoms with van der Waals surface area (Å²) in [7, 11) is 0. The third kappa shape index (κ3) is 4.03. The molecule has 0 bridgehead atoms. The van der Waals surface area contributed by atoms with Gasteiger partial charge >= 0.3 is 0 Å². The van der Waals surface area contributed by atoms with Crippen molar-refractivity contribution in [2.75, 3.05) is 0 Å². The molecule has 2 aromatic carbocycles. The molecule has 0 aliphatic carbocycles. The van der Waals surface area contributed by atoms with Gasteiger partial charge in [-0.25, -0.2) is 0 Å². The molecule has 0 radical (unpaired) electrons. The highest BCUT2D eigenvalue weighted by atomic mass is 79.9. The molecule has 0 amide bonds. The van der Waals surface area contributed by atoms with E-state index < -0.39 is 0 Å². The molecular weight excluding hydrogens is 352 g/mol. The first-order valence-corrected chi connectivity index (χ1v) is 7.84. The minimum absolute atomic E-state index is 0.500. The van der Waals surface area contributed by atoms with Gasteiger partial charge in [0.15, 0.2) is 3.92 Å². The summed E-state index contributed by atoms with van der Waals surface area (Å²) in [5.41, 5.74) is 1.14. The monoisotopic (exact) mass is 362 g/mol. The van der Waals surface area contributed by atoms with Gasteiger partial charge in [0.2, 0.25) is 0 Å². The van der Waals surface area contributed by atoms with Gasteiger partial charge in [0.05, 0.1) is 0 Å². The van der Waals surface area contributed by atoms with E-state index in [0.29, 0.717) is 21.5 Å². The number of halogens is 1. The van der Waals surface area contributed by atoms with Crippen LogP contribution in [0.15, 0.2) is 58.5 Å². The Morgan fingerprint density at radius 1 is 0.905 bits per heavy atom. The summed E-state index contributed by atoms with van der Waals surface area (Å²) in [6.45, 7) is 0.546. The summed E-state index contributed by atoms with van der Waals surface area (Å²) < 4.78 is 12.0. The number of hydrogen-bond donors (Lipinski definition) is 0. The zero-order valence-corrected chi connectivity index (χ0v) is 13.3. The minimum Gasteiger partial charge on any atom is -0.489 e. The molecule has 0 aliphatic rings. The average molecular weight is 363 g/mol. The highest BCUT2D eigenvalue weighted by molar-refractivity contribution is 9.11. The van der Waals surface area contributed by atoms with Crippen molar-refractivity contribution in [1.82, 2.24) is 10.2 Å². The van der Waals surface area contributed by atoms with E-state index in [2.05, 4.69) is 26.1 Å². The normalized spacial score (nSPS) is 10.3. The fourth-order valence-corrected chi connectivity index (χ4v) is 2.62. The maximum atomic E-state index is 5.71. The number of hydrogen-bond acceptors (Lipinski definition) is 5. The predicted octanol–water partition coefficient (Wildman–Crippen LogP) is 4.67. The van der Waals surface area contributed by atoms with Crippen molar-refractivity contribution in [2.45, 2.75) is 6.61 Å². The average Bonchev–Trinajstić information content (AvgIpc) is 2.93. The lowest BCUT2D eigenvalue weighted by molar-refractivity contribution is 0.306. The number of aromatic nitrogens is 2. The Labute approximate surface area is 134 Å². The van der Waals surface area contributed by atoms with Gasteiger partial charge in [-0.1, -0.05) is 35.4 Å². The van der Waals surface area contributed by atoms with Gasteiger partial charge in [0.25, 0.3) is 5.19 Å². The van der Waals surface area contributed by atoms with Crippen LogP contribution in [0.5, 0.6) is 16.7 Å². The first-order valence-electron chi connectivity index (χ1n) is 6.23. The maximum Gasteiger partial charge on any atom is 0.300 e. The van der Waals surface area contributed by atoms with Gasteiger partial charge in [0.1, 0.15) is 18.1 Å². The van der Waals surface area contributed by atoms with Crippen LogP contribution in [0.1, 0.15) is 5.56 Å². The summed E-state index contributed by atoms with van der Waals surface area (Å²) in [6, 6.07) is 17.5. The Morgan fingerprint density at radius 3 is 2.29 bits per heavy atom. The molecule has 4 nitrogen and oxygen atoms in total. The third-order valence-electron chi connectivity index (χ3n) is 2.66. The van der Waals surface area contributed by atoms with Crippen molar-refractivity contribution in [3.8, 4) is 16.7 Å². The van der Waals surface area contributed by atoms with E-state index in [9.17, 15) is 0 Å². The lowest BCUT2D eigenvalue weighted by Crippen LogP contribution is -1.94. The molecule has 21 heavy (non-hydrogen) atoms. The summed E-state index contributed by atoms with van der Waals surface area (Å²) in [6.07, 6.45) is 0. The van der Waals surface area contributed by atoms with Crippen molar-refractivity contribution in [3.63, 3.8) is 0 Å². The van der Waals surface area contributed by atoms with Crippen LogP contribution in [0, 0.1) is 0 Å². The Hall–Kier alpha value is -1.92. The lowest BCUT2D eigenvalue weighted by atomic mass is 10.2. The summed E-state index contributed by atoms with van der Waals surface area (Å²) in [5.74, 6) is 1.50. The van der Waals surface area contributed by atoms with Crippen molar-refractivity contribution in [1.29, 1.82) is 0 Å². The Morgan fingerprint density at radius 2 is 1.62 bits per heavy atom. The SMILES string of the molecule is Brc1nnc(Oc2ccc(OCc3ccccc3)cc2)s1. The van der Waals surface area contributed by atoms with Crippen LogP contribution in [0.2, 0.25) is 0 Å². The topological polar surface area (TPSA) is 44.2 Å². The largest absolute Gasteiger partial charge is 0.489 e. The molecule has 0 saturated carbocycles. The molecule has 1 aromatic heterocycles. The van der Waals surface area contributed by atoms with Crippen LogP contribution in [-0.2, 0) is 6.61 Å². The summed E-state index contributed by atoms with van der Waals surface area (Å²) in [4.78, 5) is 0. The summed E-state index contributed by atoms with van der Waals surface area (Å²) >= 11 is 4.58.